The molecule has 0 bridgehead atoms. The standard InChI is InChI=1S/C53H41N/c1-34-20-22-35(23-21-34)36-24-26-37(27-25-36)54(38-28-30-44-40-12-4-8-16-46(40)52(2,3)50(44)32-38)39-29-31-45-43-15-7-11-19-49(43)53(51(45)33-39)47-17-9-5-13-41(47)42-14-6-10-18-48(42)53/h4-5,7-13,15-33H,6,14H2,1-3H3. The molecular weight excluding hydrogens is 651 g/mol. The fourth-order valence-corrected chi connectivity index (χ4v) is 10.3. The van der Waals surface area contributed by atoms with E-state index < -0.39 is 0 Å². The van der Waals surface area contributed by atoms with E-state index in [1.165, 1.54) is 94.8 Å². The highest BCUT2D eigenvalue weighted by Crippen LogP contribution is 2.64. The predicted octanol–water partition coefficient (Wildman–Crippen LogP) is 13.9. The molecule has 258 valence electrons. The molecular formula is C53H41N. The summed E-state index contributed by atoms with van der Waals surface area (Å²) >= 11 is 0. The lowest BCUT2D eigenvalue weighted by atomic mass is 9.69. The first-order chi connectivity index (χ1) is 26.4. The predicted molar refractivity (Wildman–Crippen MR) is 226 cm³/mol. The van der Waals surface area contributed by atoms with E-state index in [2.05, 4.69) is 196 Å². The Labute approximate surface area is 318 Å². The number of hydrogen-bond donors (Lipinski definition) is 0. The second-order valence-corrected chi connectivity index (χ2v) is 16.1. The second kappa shape index (κ2) is 11.4. The van der Waals surface area contributed by atoms with Crippen LogP contribution in [0, 0.1) is 6.92 Å². The Bertz CT molecular complexity index is 2740. The molecule has 7 aromatic carbocycles. The summed E-state index contributed by atoms with van der Waals surface area (Å²) in [5, 5.41) is 0. The maximum absolute atomic E-state index is 2.52. The van der Waals surface area contributed by atoms with Gasteiger partial charge in [-0.25, -0.2) is 0 Å². The summed E-state index contributed by atoms with van der Waals surface area (Å²) in [6, 6.07) is 59.7. The van der Waals surface area contributed by atoms with Gasteiger partial charge in [-0.05, 0) is 134 Å². The van der Waals surface area contributed by atoms with Crippen molar-refractivity contribution in [2.24, 2.45) is 0 Å². The lowest BCUT2D eigenvalue weighted by molar-refractivity contribution is 0.660. The molecule has 1 atom stereocenters. The molecule has 0 heterocycles. The smallest absolute Gasteiger partial charge is 0.0722 e. The van der Waals surface area contributed by atoms with Crippen LogP contribution in [-0.2, 0) is 10.8 Å². The van der Waals surface area contributed by atoms with Crippen LogP contribution in [0.4, 0.5) is 17.1 Å². The van der Waals surface area contributed by atoms with E-state index in [1.807, 2.05) is 0 Å². The Balaban J connectivity index is 1.14. The van der Waals surface area contributed by atoms with Crippen molar-refractivity contribution in [3.63, 3.8) is 0 Å². The zero-order chi connectivity index (χ0) is 36.2. The summed E-state index contributed by atoms with van der Waals surface area (Å²) in [6.07, 6.45) is 7.00. The van der Waals surface area contributed by atoms with Gasteiger partial charge in [-0.2, -0.15) is 0 Å². The molecule has 0 fully saturated rings. The zero-order valence-electron chi connectivity index (χ0n) is 31.0. The van der Waals surface area contributed by atoms with Crippen LogP contribution in [0.3, 0.4) is 0 Å². The van der Waals surface area contributed by atoms with E-state index >= 15 is 0 Å². The number of aryl methyl sites for hydroxylation is 1. The summed E-state index contributed by atoms with van der Waals surface area (Å²) < 4.78 is 0. The number of anilines is 3. The van der Waals surface area contributed by atoms with Crippen LogP contribution in [0.5, 0.6) is 0 Å². The summed E-state index contributed by atoms with van der Waals surface area (Å²) in [5.74, 6) is 0. The van der Waals surface area contributed by atoms with Gasteiger partial charge >= 0.3 is 0 Å². The van der Waals surface area contributed by atoms with Gasteiger partial charge in [0.2, 0.25) is 0 Å². The van der Waals surface area contributed by atoms with Crippen molar-refractivity contribution in [2.75, 3.05) is 4.90 Å². The van der Waals surface area contributed by atoms with Gasteiger partial charge in [0, 0.05) is 22.5 Å². The molecule has 1 nitrogen and oxygen atoms in total. The largest absolute Gasteiger partial charge is 0.310 e. The molecule has 0 amide bonds. The van der Waals surface area contributed by atoms with Crippen LogP contribution in [0.2, 0.25) is 0 Å². The Hall–Kier alpha value is -6.18. The first-order valence-electron chi connectivity index (χ1n) is 19.4. The van der Waals surface area contributed by atoms with Gasteiger partial charge in [-0.15, -0.1) is 0 Å². The highest BCUT2D eigenvalue weighted by molar-refractivity contribution is 5.97. The highest BCUT2D eigenvalue weighted by atomic mass is 15.1. The van der Waals surface area contributed by atoms with Gasteiger partial charge in [-0.1, -0.05) is 153 Å². The number of hydrogen-bond acceptors (Lipinski definition) is 1. The van der Waals surface area contributed by atoms with Crippen LogP contribution in [-0.4, -0.2) is 0 Å². The first kappa shape index (κ1) is 31.4. The molecule has 4 aliphatic rings. The van der Waals surface area contributed by atoms with E-state index in [1.54, 1.807) is 0 Å². The molecule has 0 saturated carbocycles. The quantitative estimate of drug-likeness (QED) is 0.178. The van der Waals surface area contributed by atoms with Gasteiger partial charge in [0.15, 0.2) is 0 Å². The first-order valence-corrected chi connectivity index (χ1v) is 19.4. The van der Waals surface area contributed by atoms with Gasteiger partial charge in [-0.3, -0.25) is 0 Å². The Morgan fingerprint density at radius 2 is 0.963 bits per heavy atom. The number of allylic oxidation sites excluding steroid dienone is 4. The zero-order valence-corrected chi connectivity index (χ0v) is 31.0. The summed E-state index contributed by atoms with van der Waals surface area (Å²) in [7, 11) is 0. The van der Waals surface area contributed by atoms with Crippen molar-refractivity contribution in [2.45, 2.75) is 44.4 Å². The third kappa shape index (κ3) is 4.21. The third-order valence-corrected chi connectivity index (χ3v) is 12.9. The average Bonchev–Trinajstić information content (AvgIpc) is 3.77. The minimum Gasteiger partial charge on any atom is -0.310 e. The van der Waals surface area contributed by atoms with Crippen LogP contribution in [0.1, 0.15) is 65.6 Å². The molecule has 1 spiro atoms. The van der Waals surface area contributed by atoms with Crippen molar-refractivity contribution in [1.82, 2.24) is 0 Å². The van der Waals surface area contributed by atoms with Gasteiger partial charge in [0.05, 0.1) is 5.41 Å². The van der Waals surface area contributed by atoms with Crippen LogP contribution < -0.4 is 4.90 Å². The SMILES string of the molecule is Cc1ccc(-c2ccc(N(c3ccc4c(c3)C(C)(C)c3ccccc3-4)c3ccc4c(c3)C3(C5=C(CCC=C5)c5ccccc53)c3ccccc3-4)cc2)cc1. The number of nitrogens with zero attached hydrogens (tertiary/aromatic N) is 1. The molecule has 54 heavy (non-hydrogen) atoms. The summed E-state index contributed by atoms with van der Waals surface area (Å²) in [4.78, 5) is 2.49. The second-order valence-electron chi connectivity index (χ2n) is 16.1. The molecule has 0 aliphatic heterocycles. The van der Waals surface area contributed by atoms with Gasteiger partial charge in [0.25, 0.3) is 0 Å². The lowest BCUT2D eigenvalue weighted by Gasteiger charge is -2.33. The van der Waals surface area contributed by atoms with Crippen LogP contribution in [0.15, 0.2) is 175 Å². The topological polar surface area (TPSA) is 3.24 Å². The fraction of sp³-hybridized carbons (Fsp3) is 0.132. The molecule has 1 heteroatoms. The van der Waals surface area contributed by atoms with Crippen LogP contribution in [0.25, 0.3) is 39.0 Å². The van der Waals surface area contributed by atoms with E-state index in [0.29, 0.717) is 0 Å². The van der Waals surface area contributed by atoms with Crippen molar-refractivity contribution < 1.29 is 0 Å². The third-order valence-electron chi connectivity index (χ3n) is 12.9. The Morgan fingerprint density at radius 3 is 1.65 bits per heavy atom. The monoisotopic (exact) mass is 691 g/mol. The maximum atomic E-state index is 2.52. The minimum absolute atomic E-state index is 0.101. The number of fused-ring (bicyclic) bond motifs is 12. The molecule has 11 rings (SSSR count). The van der Waals surface area contributed by atoms with Crippen molar-refractivity contribution >= 4 is 22.6 Å². The molecule has 4 aliphatic carbocycles. The summed E-state index contributed by atoms with van der Waals surface area (Å²) in [6.45, 7) is 6.89. The molecule has 0 radical (unpaired) electrons. The van der Waals surface area contributed by atoms with E-state index in [-0.39, 0.29) is 10.8 Å². The Morgan fingerprint density at radius 1 is 0.463 bits per heavy atom. The molecule has 0 saturated heterocycles. The number of benzene rings is 7. The minimum atomic E-state index is -0.354. The van der Waals surface area contributed by atoms with E-state index in [0.717, 1.165) is 18.5 Å². The normalized spacial score (nSPS) is 17.8. The molecule has 0 aromatic heterocycles. The van der Waals surface area contributed by atoms with E-state index in [4.69, 9.17) is 0 Å². The highest BCUT2D eigenvalue weighted by Gasteiger charge is 2.52. The Kier molecular flexibility index (Phi) is 6.62. The fourth-order valence-electron chi connectivity index (χ4n) is 10.3. The molecule has 7 aromatic rings. The molecule has 0 N–H and O–H groups in total. The maximum Gasteiger partial charge on any atom is 0.0722 e. The van der Waals surface area contributed by atoms with Crippen molar-refractivity contribution in [3.8, 4) is 33.4 Å². The van der Waals surface area contributed by atoms with E-state index in [9.17, 15) is 0 Å². The average molecular weight is 692 g/mol. The summed E-state index contributed by atoms with van der Waals surface area (Å²) in [5.41, 5.74) is 23.4. The van der Waals surface area contributed by atoms with Gasteiger partial charge in [0.1, 0.15) is 0 Å². The lowest BCUT2D eigenvalue weighted by Crippen LogP contribution is -2.27. The van der Waals surface area contributed by atoms with Crippen molar-refractivity contribution in [1.29, 1.82) is 0 Å². The van der Waals surface area contributed by atoms with Crippen molar-refractivity contribution in [3.05, 3.63) is 214 Å². The number of rotatable bonds is 4. The molecule has 1 unspecified atom stereocenters. The van der Waals surface area contributed by atoms with Crippen LogP contribution >= 0.6 is 0 Å². The van der Waals surface area contributed by atoms with Gasteiger partial charge < -0.3 is 4.90 Å².